The quantitative estimate of drug-likeness (QED) is 0.774. The number of rotatable bonds is 7. The number of aryl methyl sites for hydroxylation is 1. The molecule has 2 rings (SSSR count). The molecule has 0 aliphatic rings. The molecule has 0 saturated heterocycles. The number of nitrogens with zero attached hydrogens (tertiary/aromatic N) is 1. The van der Waals surface area contributed by atoms with E-state index in [1.807, 2.05) is 0 Å². The number of benzene rings is 2. The molecule has 142 valence electrons. The molecule has 9 heteroatoms. The van der Waals surface area contributed by atoms with Gasteiger partial charge in [0.25, 0.3) is 10.0 Å². The van der Waals surface area contributed by atoms with Gasteiger partial charge in [-0.05, 0) is 55.0 Å². The van der Waals surface area contributed by atoms with E-state index in [1.54, 1.807) is 13.8 Å². The molecular formula is C17H21FN2O4S2. The zero-order chi connectivity index (χ0) is 19.5. The van der Waals surface area contributed by atoms with Crippen molar-refractivity contribution in [2.75, 3.05) is 17.8 Å². The third-order valence-electron chi connectivity index (χ3n) is 3.89. The highest BCUT2D eigenvalue weighted by Crippen LogP contribution is 2.21. The third-order valence-corrected chi connectivity index (χ3v) is 7.33. The molecule has 6 nitrogen and oxygen atoms in total. The fraction of sp³-hybridized carbons (Fsp3) is 0.294. The molecule has 0 amide bonds. The molecule has 2 aromatic carbocycles. The number of sulfonamides is 2. The predicted octanol–water partition coefficient (Wildman–Crippen LogP) is 2.97. The number of anilines is 1. The van der Waals surface area contributed by atoms with Gasteiger partial charge in [0.15, 0.2) is 0 Å². The smallest absolute Gasteiger partial charge is 0.261 e. The first kappa shape index (κ1) is 20.3. The number of hydrogen-bond donors (Lipinski definition) is 1. The van der Waals surface area contributed by atoms with Crippen molar-refractivity contribution in [3.8, 4) is 0 Å². The van der Waals surface area contributed by atoms with Crippen LogP contribution in [0.4, 0.5) is 10.1 Å². The zero-order valence-electron chi connectivity index (χ0n) is 14.7. The lowest BCUT2D eigenvalue weighted by Gasteiger charge is -2.18. The summed E-state index contributed by atoms with van der Waals surface area (Å²) in [7, 11) is -7.51. The van der Waals surface area contributed by atoms with Gasteiger partial charge in [0.05, 0.1) is 9.79 Å². The molecule has 0 bridgehead atoms. The molecule has 0 fully saturated rings. The average molecular weight is 400 g/mol. The lowest BCUT2D eigenvalue weighted by atomic mass is 10.2. The summed E-state index contributed by atoms with van der Waals surface area (Å²) >= 11 is 0. The largest absolute Gasteiger partial charge is 0.280 e. The first-order chi connectivity index (χ1) is 12.1. The third kappa shape index (κ3) is 4.22. The van der Waals surface area contributed by atoms with E-state index in [4.69, 9.17) is 0 Å². The molecule has 0 heterocycles. The van der Waals surface area contributed by atoms with Crippen LogP contribution in [-0.4, -0.2) is 34.2 Å². The first-order valence-corrected chi connectivity index (χ1v) is 10.9. The van der Waals surface area contributed by atoms with Crippen molar-refractivity contribution in [2.24, 2.45) is 0 Å². The molecular weight excluding hydrogens is 379 g/mol. The maximum atomic E-state index is 13.3. The molecule has 0 aliphatic heterocycles. The summed E-state index contributed by atoms with van der Waals surface area (Å²) in [6.07, 6.45) is 0. The van der Waals surface area contributed by atoms with Crippen molar-refractivity contribution < 1.29 is 21.2 Å². The van der Waals surface area contributed by atoms with Crippen molar-refractivity contribution in [1.29, 1.82) is 0 Å². The summed E-state index contributed by atoms with van der Waals surface area (Å²) in [4.78, 5) is 0.0120. The molecule has 0 aromatic heterocycles. The van der Waals surface area contributed by atoms with Crippen LogP contribution in [0, 0.1) is 12.7 Å². The number of halogens is 1. The summed E-state index contributed by atoms with van der Waals surface area (Å²) in [5, 5.41) is 0. The fourth-order valence-corrected chi connectivity index (χ4v) is 5.01. The van der Waals surface area contributed by atoms with Crippen LogP contribution in [0.1, 0.15) is 19.4 Å². The van der Waals surface area contributed by atoms with Crippen LogP contribution in [0.15, 0.2) is 52.3 Å². The van der Waals surface area contributed by atoms with Crippen LogP contribution in [-0.2, 0) is 20.0 Å². The van der Waals surface area contributed by atoms with Crippen molar-refractivity contribution >= 4 is 25.7 Å². The van der Waals surface area contributed by atoms with Crippen LogP contribution >= 0.6 is 0 Å². The van der Waals surface area contributed by atoms with Gasteiger partial charge < -0.3 is 0 Å². The molecule has 26 heavy (non-hydrogen) atoms. The fourth-order valence-electron chi connectivity index (χ4n) is 2.41. The van der Waals surface area contributed by atoms with Crippen LogP contribution in [0.25, 0.3) is 0 Å². The van der Waals surface area contributed by atoms with Crippen molar-refractivity contribution in [1.82, 2.24) is 4.31 Å². The Labute approximate surface area is 153 Å². The second-order valence-electron chi connectivity index (χ2n) is 5.63. The number of hydrogen-bond acceptors (Lipinski definition) is 4. The standard InChI is InChI=1S/C17H21FN2O4S2/c1-4-20(5-2)26(23,24)15-8-6-14(7-9-15)19-25(21,22)16-10-11-17(18)13(3)12-16/h6-12,19H,4-5H2,1-3H3. The SMILES string of the molecule is CCN(CC)S(=O)(=O)c1ccc(NS(=O)(=O)c2ccc(F)c(C)c2)cc1. The van der Waals surface area contributed by atoms with Gasteiger partial charge in [-0.1, -0.05) is 13.8 Å². The maximum absolute atomic E-state index is 13.3. The maximum Gasteiger partial charge on any atom is 0.261 e. The van der Waals surface area contributed by atoms with Gasteiger partial charge >= 0.3 is 0 Å². The summed E-state index contributed by atoms with van der Waals surface area (Å²) < 4.78 is 66.6. The molecule has 0 atom stereocenters. The Hall–Kier alpha value is -1.97. The van der Waals surface area contributed by atoms with E-state index in [2.05, 4.69) is 4.72 Å². The molecule has 0 aliphatic carbocycles. The van der Waals surface area contributed by atoms with Crippen LogP contribution in [0.3, 0.4) is 0 Å². The highest BCUT2D eigenvalue weighted by molar-refractivity contribution is 7.92. The van der Waals surface area contributed by atoms with Crippen molar-refractivity contribution in [3.63, 3.8) is 0 Å². The Balaban J connectivity index is 2.27. The monoisotopic (exact) mass is 400 g/mol. The van der Waals surface area contributed by atoms with Gasteiger partial charge in [0.1, 0.15) is 5.82 Å². The molecule has 0 saturated carbocycles. The Morgan fingerprint density at radius 3 is 1.96 bits per heavy atom. The van der Waals surface area contributed by atoms with E-state index in [9.17, 15) is 21.2 Å². The first-order valence-electron chi connectivity index (χ1n) is 8.01. The van der Waals surface area contributed by atoms with Gasteiger partial charge in [-0.15, -0.1) is 0 Å². The molecule has 0 spiro atoms. The Kier molecular flexibility index (Phi) is 6.05. The predicted molar refractivity (Wildman–Crippen MR) is 98.5 cm³/mol. The van der Waals surface area contributed by atoms with Crippen LogP contribution in [0.2, 0.25) is 0 Å². The molecule has 0 unspecified atom stereocenters. The van der Waals surface area contributed by atoms with Crippen molar-refractivity contribution in [3.05, 3.63) is 53.8 Å². The Morgan fingerprint density at radius 2 is 1.46 bits per heavy atom. The lowest BCUT2D eigenvalue weighted by molar-refractivity contribution is 0.445. The van der Waals surface area contributed by atoms with E-state index in [0.29, 0.717) is 13.1 Å². The Morgan fingerprint density at radius 1 is 0.923 bits per heavy atom. The van der Waals surface area contributed by atoms with Crippen LogP contribution in [0.5, 0.6) is 0 Å². The van der Waals surface area contributed by atoms with Gasteiger partial charge in [0, 0.05) is 18.8 Å². The molecule has 1 N–H and O–H groups in total. The summed E-state index contributed by atoms with van der Waals surface area (Å²) in [5.74, 6) is -0.491. The van der Waals surface area contributed by atoms with Crippen molar-refractivity contribution in [2.45, 2.75) is 30.6 Å². The Bertz CT molecular complexity index is 984. The molecule has 0 radical (unpaired) electrons. The second-order valence-corrected chi connectivity index (χ2v) is 9.25. The van der Waals surface area contributed by atoms with E-state index < -0.39 is 25.9 Å². The second kappa shape index (κ2) is 7.73. The van der Waals surface area contributed by atoms with Gasteiger partial charge in [-0.2, -0.15) is 4.31 Å². The topological polar surface area (TPSA) is 83.6 Å². The van der Waals surface area contributed by atoms with Gasteiger partial charge in [-0.3, -0.25) is 4.72 Å². The van der Waals surface area contributed by atoms with E-state index in [-0.39, 0.29) is 21.0 Å². The summed E-state index contributed by atoms with van der Waals surface area (Å²) in [5.41, 5.74) is 0.430. The minimum atomic E-state index is -3.90. The van der Waals surface area contributed by atoms with Crippen LogP contribution < -0.4 is 4.72 Å². The van der Waals surface area contributed by atoms with E-state index in [0.717, 1.165) is 6.07 Å². The molecule has 2 aromatic rings. The zero-order valence-corrected chi connectivity index (χ0v) is 16.4. The average Bonchev–Trinajstić information content (AvgIpc) is 2.58. The van der Waals surface area contributed by atoms with E-state index in [1.165, 1.54) is 47.6 Å². The van der Waals surface area contributed by atoms with E-state index >= 15 is 0 Å². The minimum absolute atomic E-state index is 0.0729. The summed E-state index contributed by atoms with van der Waals surface area (Å²) in [6, 6.07) is 8.95. The van der Waals surface area contributed by atoms with Gasteiger partial charge in [-0.25, -0.2) is 21.2 Å². The normalized spacial score (nSPS) is 12.3. The minimum Gasteiger partial charge on any atom is -0.280 e. The lowest BCUT2D eigenvalue weighted by Crippen LogP contribution is -2.30. The van der Waals surface area contributed by atoms with Gasteiger partial charge in [0.2, 0.25) is 10.0 Å². The highest BCUT2D eigenvalue weighted by atomic mass is 32.2. The summed E-state index contributed by atoms with van der Waals surface area (Å²) in [6.45, 7) is 5.65. The highest BCUT2D eigenvalue weighted by Gasteiger charge is 2.22. The number of nitrogens with one attached hydrogen (secondary N) is 1.